The summed E-state index contributed by atoms with van der Waals surface area (Å²) in [7, 11) is 0. The maximum absolute atomic E-state index is 9.42. The van der Waals surface area contributed by atoms with Crippen molar-refractivity contribution >= 4 is 17.3 Å². The molecular weight excluding hydrogens is 234 g/mol. The number of benzene rings is 1. The molecule has 1 fully saturated rings. The van der Waals surface area contributed by atoms with E-state index in [1.807, 2.05) is 12.1 Å². The maximum Gasteiger partial charge on any atom is 0.0716 e. The Morgan fingerprint density at radius 3 is 2.82 bits per heavy atom. The average Bonchev–Trinajstić information content (AvgIpc) is 2.77. The number of aliphatic hydroxyl groups excluding tert-OH is 1. The van der Waals surface area contributed by atoms with E-state index in [1.54, 1.807) is 0 Å². The molecule has 0 aliphatic carbocycles. The summed E-state index contributed by atoms with van der Waals surface area (Å²) in [5, 5.41) is 10.1. The summed E-state index contributed by atoms with van der Waals surface area (Å²) in [6, 6.07) is 5.85. The fourth-order valence-electron chi connectivity index (χ4n) is 2.55. The van der Waals surface area contributed by atoms with Gasteiger partial charge in [0.1, 0.15) is 0 Å². The lowest BCUT2D eigenvalue weighted by atomic mass is 9.95. The van der Waals surface area contributed by atoms with Crippen LogP contribution < -0.4 is 4.90 Å². The van der Waals surface area contributed by atoms with Crippen LogP contribution in [-0.4, -0.2) is 18.2 Å². The van der Waals surface area contributed by atoms with Crippen LogP contribution in [0.1, 0.15) is 25.8 Å². The SMILES string of the molecule is CC(C)C1CCN(c2cccc(Cl)c2CO)C1. The first-order chi connectivity index (χ1) is 8.13. The van der Waals surface area contributed by atoms with Gasteiger partial charge in [-0.05, 0) is 30.4 Å². The molecule has 0 bridgehead atoms. The molecule has 0 radical (unpaired) electrons. The van der Waals surface area contributed by atoms with E-state index < -0.39 is 0 Å². The van der Waals surface area contributed by atoms with Gasteiger partial charge in [0, 0.05) is 29.4 Å². The molecule has 1 aromatic carbocycles. The summed E-state index contributed by atoms with van der Waals surface area (Å²) < 4.78 is 0. The molecule has 0 aromatic heterocycles. The molecule has 0 saturated carbocycles. The summed E-state index contributed by atoms with van der Waals surface area (Å²) in [4.78, 5) is 2.35. The van der Waals surface area contributed by atoms with Gasteiger partial charge >= 0.3 is 0 Å². The molecule has 0 spiro atoms. The van der Waals surface area contributed by atoms with Gasteiger partial charge in [-0.3, -0.25) is 0 Å². The van der Waals surface area contributed by atoms with E-state index in [0.717, 1.165) is 36.2 Å². The molecule has 0 amide bonds. The average molecular weight is 254 g/mol. The molecule has 1 unspecified atom stereocenters. The van der Waals surface area contributed by atoms with Crippen molar-refractivity contribution in [2.24, 2.45) is 11.8 Å². The Bertz CT molecular complexity index is 392. The predicted octanol–water partition coefficient (Wildman–Crippen LogP) is 3.31. The molecule has 1 atom stereocenters. The lowest BCUT2D eigenvalue weighted by Gasteiger charge is -2.23. The van der Waals surface area contributed by atoms with Crippen LogP contribution in [0, 0.1) is 11.8 Å². The van der Waals surface area contributed by atoms with Crippen molar-refractivity contribution < 1.29 is 5.11 Å². The number of hydrogen-bond donors (Lipinski definition) is 1. The standard InChI is InChI=1S/C14H20ClNO/c1-10(2)11-6-7-16(8-11)14-5-3-4-13(15)12(14)9-17/h3-5,10-11,17H,6-9H2,1-2H3. The molecule has 3 heteroatoms. The van der Waals surface area contributed by atoms with Gasteiger partial charge in [-0.1, -0.05) is 31.5 Å². The predicted molar refractivity (Wildman–Crippen MR) is 72.5 cm³/mol. The van der Waals surface area contributed by atoms with Gasteiger partial charge in [0.15, 0.2) is 0 Å². The second-order valence-electron chi connectivity index (χ2n) is 5.13. The van der Waals surface area contributed by atoms with Gasteiger partial charge < -0.3 is 10.0 Å². The molecule has 1 saturated heterocycles. The van der Waals surface area contributed by atoms with Crippen LogP contribution in [-0.2, 0) is 6.61 Å². The van der Waals surface area contributed by atoms with Gasteiger partial charge in [0.25, 0.3) is 0 Å². The van der Waals surface area contributed by atoms with Crippen LogP contribution in [0.3, 0.4) is 0 Å². The van der Waals surface area contributed by atoms with E-state index in [0.29, 0.717) is 5.02 Å². The minimum Gasteiger partial charge on any atom is -0.392 e. The molecule has 2 nitrogen and oxygen atoms in total. The normalized spacial score (nSPS) is 20.3. The van der Waals surface area contributed by atoms with Crippen molar-refractivity contribution in [2.75, 3.05) is 18.0 Å². The van der Waals surface area contributed by atoms with Crippen LogP contribution >= 0.6 is 11.6 Å². The first-order valence-electron chi connectivity index (χ1n) is 6.26. The molecule has 1 aromatic rings. The van der Waals surface area contributed by atoms with E-state index in [-0.39, 0.29) is 6.61 Å². The molecule has 1 heterocycles. The molecule has 2 rings (SSSR count). The Hall–Kier alpha value is -0.730. The zero-order chi connectivity index (χ0) is 12.4. The minimum absolute atomic E-state index is 0.0118. The van der Waals surface area contributed by atoms with Gasteiger partial charge in [-0.2, -0.15) is 0 Å². The van der Waals surface area contributed by atoms with Crippen molar-refractivity contribution in [1.29, 1.82) is 0 Å². The van der Waals surface area contributed by atoms with Crippen LogP contribution in [0.4, 0.5) is 5.69 Å². The fraction of sp³-hybridized carbons (Fsp3) is 0.571. The topological polar surface area (TPSA) is 23.5 Å². The van der Waals surface area contributed by atoms with Crippen molar-refractivity contribution in [3.8, 4) is 0 Å². The smallest absolute Gasteiger partial charge is 0.0716 e. The third kappa shape index (κ3) is 2.58. The van der Waals surface area contributed by atoms with E-state index in [9.17, 15) is 5.11 Å². The Labute approximate surface area is 108 Å². The van der Waals surface area contributed by atoms with Crippen LogP contribution in [0.2, 0.25) is 5.02 Å². The highest BCUT2D eigenvalue weighted by molar-refractivity contribution is 6.31. The highest BCUT2D eigenvalue weighted by Gasteiger charge is 2.26. The van der Waals surface area contributed by atoms with Crippen LogP contribution in [0.15, 0.2) is 18.2 Å². The second-order valence-corrected chi connectivity index (χ2v) is 5.54. The first kappa shape index (κ1) is 12.7. The summed E-state index contributed by atoms with van der Waals surface area (Å²) in [6.07, 6.45) is 1.23. The van der Waals surface area contributed by atoms with E-state index in [4.69, 9.17) is 11.6 Å². The van der Waals surface area contributed by atoms with Crippen molar-refractivity contribution in [3.63, 3.8) is 0 Å². The van der Waals surface area contributed by atoms with Crippen molar-refractivity contribution in [1.82, 2.24) is 0 Å². The summed E-state index contributed by atoms with van der Waals surface area (Å²) in [5.74, 6) is 1.47. The highest BCUT2D eigenvalue weighted by Crippen LogP contribution is 2.33. The van der Waals surface area contributed by atoms with Crippen molar-refractivity contribution in [2.45, 2.75) is 26.9 Å². The quantitative estimate of drug-likeness (QED) is 0.893. The van der Waals surface area contributed by atoms with Crippen LogP contribution in [0.25, 0.3) is 0 Å². The summed E-state index contributed by atoms with van der Waals surface area (Å²) in [5.41, 5.74) is 1.96. The van der Waals surface area contributed by atoms with E-state index in [1.165, 1.54) is 6.42 Å². The molecule has 1 aliphatic rings. The maximum atomic E-state index is 9.42. The number of rotatable bonds is 3. The molecule has 17 heavy (non-hydrogen) atoms. The van der Waals surface area contributed by atoms with Crippen molar-refractivity contribution in [3.05, 3.63) is 28.8 Å². The third-order valence-corrected chi connectivity index (χ3v) is 4.11. The molecule has 94 valence electrons. The third-order valence-electron chi connectivity index (χ3n) is 3.76. The number of halogens is 1. The number of hydrogen-bond acceptors (Lipinski definition) is 2. The van der Waals surface area contributed by atoms with Crippen LogP contribution in [0.5, 0.6) is 0 Å². The summed E-state index contributed by atoms with van der Waals surface area (Å²) in [6.45, 7) is 6.71. The van der Waals surface area contributed by atoms with E-state index >= 15 is 0 Å². The number of nitrogens with zero attached hydrogens (tertiary/aromatic N) is 1. The van der Waals surface area contributed by atoms with Gasteiger partial charge in [-0.25, -0.2) is 0 Å². The number of aliphatic hydroxyl groups is 1. The Morgan fingerprint density at radius 2 is 2.24 bits per heavy atom. The lowest BCUT2D eigenvalue weighted by molar-refractivity contribution is 0.282. The van der Waals surface area contributed by atoms with Gasteiger partial charge in [0.05, 0.1) is 6.61 Å². The lowest BCUT2D eigenvalue weighted by Crippen LogP contribution is -2.22. The first-order valence-corrected chi connectivity index (χ1v) is 6.64. The zero-order valence-corrected chi connectivity index (χ0v) is 11.2. The Balaban J connectivity index is 2.21. The monoisotopic (exact) mass is 253 g/mol. The van der Waals surface area contributed by atoms with E-state index in [2.05, 4.69) is 24.8 Å². The Kier molecular flexibility index (Phi) is 3.95. The fourth-order valence-corrected chi connectivity index (χ4v) is 2.78. The van der Waals surface area contributed by atoms with Gasteiger partial charge in [0.2, 0.25) is 0 Å². The largest absolute Gasteiger partial charge is 0.392 e. The minimum atomic E-state index is 0.0118. The molecular formula is C14H20ClNO. The second kappa shape index (κ2) is 5.28. The molecule has 1 aliphatic heterocycles. The molecule has 1 N–H and O–H groups in total. The highest BCUT2D eigenvalue weighted by atomic mass is 35.5. The summed E-state index contributed by atoms with van der Waals surface area (Å²) >= 11 is 6.12. The zero-order valence-electron chi connectivity index (χ0n) is 10.5. The van der Waals surface area contributed by atoms with Gasteiger partial charge in [-0.15, -0.1) is 0 Å². The Morgan fingerprint density at radius 1 is 1.47 bits per heavy atom. The number of anilines is 1.